The molecule has 1 heterocycles. The summed E-state index contributed by atoms with van der Waals surface area (Å²) in [6.45, 7) is 5.11. The molecule has 0 aliphatic carbocycles. The zero-order valence-electron chi connectivity index (χ0n) is 19.5. The third-order valence-electron chi connectivity index (χ3n) is 5.73. The summed E-state index contributed by atoms with van der Waals surface area (Å²) in [5, 5.41) is 0. The van der Waals surface area contributed by atoms with Crippen LogP contribution in [0, 0.1) is 0 Å². The van der Waals surface area contributed by atoms with Crippen molar-refractivity contribution in [2.45, 2.75) is 18.0 Å². The fourth-order valence-electron chi connectivity index (χ4n) is 3.91. The van der Waals surface area contributed by atoms with E-state index in [2.05, 4.69) is 9.80 Å². The highest BCUT2D eigenvalue weighted by Crippen LogP contribution is 2.40. The molecule has 0 bridgehead atoms. The largest absolute Gasteiger partial charge is 0.493 e. The molecular weight excluding hydrogens is 430 g/mol. The first-order valence-electron chi connectivity index (χ1n) is 10.5. The molecule has 176 valence electrons. The molecule has 0 aromatic heterocycles. The molecule has 9 heteroatoms. The average molecular weight is 464 g/mol. The smallest absolute Gasteiger partial charge is 0.242 e. The van der Waals surface area contributed by atoms with Crippen molar-refractivity contribution < 1.29 is 22.6 Å². The van der Waals surface area contributed by atoms with Crippen molar-refractivity contribution >= 4 is 10.0 Å². The van der Waals surface area contributed by atoms with Gasteiger partial charge in [0.2, 0.25) is 15.8 Å². The standard InChI is InChI=1S/C23H33N3O5S/c1-24(2)32(27,28)20-8-6-7-18(15-20)16-25-11-13-26(14-12-25)17-19-9-10-21(29-3)23(31-5)22(19)30-4/h6-10,15H,11-14,16-17H2,1-5H3. The van der Waals surface area contributed by atoms with Gasteiger partial charge in [-0.2, -0.15) is 0 Å². The number of hydrogen-bond donors (Lipinski definition) is 0. The average Bonchev–Trinajstić information content (AvgIpc) is 2.80. The first-order chi connectivity index (χ1) is 15.3. The van der Waals surface area contributed by atoms with Gasteiger partial charge in [-0.1, -0.05) is 18.2 Å². The van der Waals surface area contributed by atoms with Crippen LogP contribution in [0.25, 0.3) is 0 Å². The van der Waals surface area contributed by atoms with E-state index in [0.717, 1.165) is 50.4 Å². The Kier molecular flexibility index (Phi) is 8.00. The van der Waals surface area contributed by atoms with E-state index in [0.29, 0.717) is 22.1 Å². The van der Waals surface area contributed by atoms with Crippen LogP contribution < -0.4 is 14.2 Å². The summed E-state index contributed by atoms with van der Waals surface area (Å²) in [5.74, 6) is 1.96. The van der Waals surface area contributed by atoms with Crippen molar-refractivity contribution in [2.75, 3.05) is 61.6 Å². The van der Waals surface area contributed by atoms with Crippen molar-refractivity contribution in [2.24, 2.45) is 0 Å². The van der Waals surface area contributed by atoms with Gasteiger partial charge in [0, 0.05) is 58.9 Å². The second kappa shape index (κ2) is 10.5. The van der Waals surface area contributed by atoms with Crippen molar-refractivity contribution in [3.63, 3.8) is 0 Å². The lowest BCUT2D eigenvalue weighted by molar-refractivity contribution is 0.121. The fourth-order valence-corrected chi connectivity index (χ4v) is 4.88. The normalized spacial score (nSPS) is 15.7. The van der Waals surface area contributed by atoms with Crippen LogP contribution >= 0.6 is 0 Å². The van der Waals surface area contributed by atoms with E-state index in [9.17, 15) is 8.42 Å². The zero-order valence-corrected chi connectivity index (χ0v) is 20.3. The highest BCUT2D eigenvalue weighted by atomic mass is 32.2. The predicted molar refractivity (Wildman–Crippen MR) is 124 cm³/mol. The van der Waals surface area contributed by atoms with E-state index in [-0.39, 0.29) is 0 Å². The van der Waals surface area contributed by atoms with Crippen LogP contribution in [0.15, 0.2) is 41.3 Å². The summed E-state index contributed by atoms with van der Waals surface area (Å²) < 4.78 is 42.5. The van der Waals surface area contributed by atoms with E-state index in [1.54, 1.807) is 47.6 Å². The van der Waals surface area contributed by atoms with Gasteiger partial charge in [0.05, 0.1) is 26.2 Å². The van der Waals surface area contributed by atoms with E-state index in [1.165, 1.54) is 4.31 Å². The van der Waals surface area contributed by atoms with Crippen molar-refractivity contribution in [3.05, 3.63) is 47.5 Å². The summed E-state index contributed by atoms with van der Waals surface area (Å²) >= 11 is 0. The van der Waals surface area contributed by atoms with E-state index in [4.69, 9.17) is 14.2 Å². The number of nitrogens with zero attached hydrogens (tertiary/aromatic N) is 3. The Morgan fingerprint density at radius 2 is 1.47 bits per heavy atom. The summed E-state index contributed by atoms with van der Waals surface area (Å²) in [7, 11) is 4.54. The SMILES string of the molecule is COc1ccc(CN2CCN(Cc3cccc(S(=O)(=O)N(C)C)c3)CC2)c(OC)c1OC. The van der Waals surface area contributed by atoms with Gasteiger partial charge in [0.1, 0.15) is 0 Å². The Hall–Kier alpha value is -2.33. The van der Waals surface area contributed by atoms with Crippen LogP contribution in [0.5, 0.6) is 17.2 Å². The maximum Gasteiger partial charge on any atom is 0.242 e. The number of hydrogen-bond acceptors (Lipinski definition) is 7. The molecule has 1 aliphatic rings. The van der Waals surface area contributed by atoms with Gasteiger partial charge in [0.25, 0.3) is 0 Å². The second-order valence-electron chi connectivity index (χ2n) is 7.98. The topological polar surface area (TPSA) is 71.6 Å². The Labute approximate surface area is 191 Å². The molecular formula is C23H33N3O5S. The molecule has 0 radical (unpaired) electrons. The van der Waals surface area contributed by atoms with Crippen LogP contribution in [-0.4, -0.2) is 84.1 Å². The molecule has 0 unspecified atom stereocenters. The molecule has 1 fully saturated rings. The summed E-state index contributed by atoms with van der Waals surface area (Å²) in [5.41, 5.74) is 2.06. The van der Waals surface area contributed by atoms with Crippen molar-refractivity contribution in [1.82, 2.24) is 14.1 Å². The van der Waals surface area contributed by atoms with Gasteiger partial charge in [-0.15, -0.1) is 0 Å². The van der Waals surface area contributed by atoms with Gasteiger partial charge in [0.15, 0.2) is 11.5 Å². The molecule has 0 N–H and O–H groups in total. The van der Waals surface area contributed by atoms with E-state index in [1.807, 2.05) is 24.3 Å². The van der Waals surface area contributed by atoms with Gasteiger partial charge in [-0.3, -0.25) is 9.80 Å². The molecule has 2 aromatic carbocycles. The van der Waals surface area contributed by atoms with Crippen LogP contribution in [0.1, 0.15) is 11.1 Å². The molecule has 32 heavy (non-hydrogen) atoms. The van der Waals surface area contributed by atoms with Gasteiger partial charge in [-0.05, 0) is 23.8 Å². The molecule has 3 rings (SSSR count). The minimum absolute atomic E-state index is 0.333. The van der Waals surface area contributed by atoms with Crippen LogP contribution in [0.2, 0.25) is 0 Å². The van der Waals surface area contributed by atoms with Crippen LogP contribution in [0.3, 0.4) is 0 Å². The summed E-state index contributed by atoms with van der Waals surface area (Å²) in [4.78, 5) is 5.07. The molecule has 0 spiro atoms. The fraction of sp³-hybridized carbons (Fsp3) is 0.478. The molecule has 2 aromatic rings. The number of benzene rings is 2. The monoisotopic (exact) mass is 463 g/mol. The number of rotatable bonds is 9. The zero-order chi connectivity index (χ0) is 23.3. The molecule has 0 saturated carbocycles. The summed E-state index contributed by atoms with van der Waals surface area (Å²) in [6, 6.07) is 11.1. The molecule has 1 saturated heterocycles. The maximum absolute atomic E-state index is 12.4. The first kappa shape index (κ1) is 24.3. The van der Waals surface area contributed by atoms with Gasteiger partial charge >= 0.3 is 0 Å². The third-order valence-corrected chi connectivity index (χ3v) is 7.54. The van der Waals surface area contributed by atoms with Crippen LogP contribution in [0.4, 0.5) is 0 Å². The minimum Gasteiger partial charge on any atom is -0.493 e. The quantitative estimate of drug-likeness (QED) is 0.565. The number of piperazine rings is 1. The lowest BCUT2D eigenvalue weighted by atomic mass is 10.1. The van der Waals surface area contributed by atoms with Gasteiger partial charge < -0.3 is 14.2 Å². The Morgan fingerprint density at radius 3 is 2.03 bits per heavy atom. The van der Waals surface area contributed by atoms with E-state index < -0.39 is 10.0 Å². The van der Waals surface area contributed by atoms with Crippen molar-refractivity contribution in [3.8, 4) is 17.2 Å². The summed E-state index contributed by atoms with van der Waals surface area (Å²) in [6.07, 6.45) is 0. The highest BCUT2D eigenvalue weighted by molar-refractivity contribution is 7.89. The Bertz CT molecular complexity index is 1020. The molecule has 1 aliphatic heterocycles. The number of sulfonamides is 1. The maximum atomic E-state index is 12.4. The molecule has 8 nitrogen and oxygen atoms in total. The third kappa shape index (κ3) is 5.35. The predicted octanol–water partition coefficient (Wildman–Crippen LogP) is 2.28. The first-order valence-corrected chi connectivity index (χ1v) is 12.0. The Balaban J connectivity index is 1.62. The van der Waals surface area contributed by atoms with Gasteiger partial charge in [-0.25, -0.2) is 12.7 Å². The number of ether oxygens (including phenoxy) is 3. The number of methoxy groups -OCH3 is 3. The lowest BCUT2D eigenvalue weighted by Gasteiger charge is -2.35. The molecule has 0 amide bonds. The van der Waals surface area contributed by atoms with E-state index >= 15 is 0 Å². The molecule has 0 atom stereocenters. The van der Waals surface area contributed by atoms with Crippen LogP contribution in [-0.2, 0) is 23.1 Å². The Morgan fingerprint density at radius 1 is 0.844 bits per heavy atom. The highest BCUT2D eigenvalue weighted by Gasteiger charge is 2.22. The lowest BCUT2D eigenvalue weighted by Crippen LogP contribution is -2.45. The second-order valence-corrected chi connectivity index (χ2v) is 10.1. The van der Waals surface area contributed by atoms with Crippen molar-refractivity contribution in [1.29, 1.82) is 0 Å². The minimum atomic E-state index is -3.43.